The lowest BCUT2D eigenvalue weighted by Crippen LogP contribution is -2.25. The Bertz CT molecular complexity index is 761. The zero-order valence-corrected chi connectivity index (χ0v) is 11.2. The number of hydrogen-bond donors (Lipinski definition) is 1. The lowest BCUT2D eigenvalue weighted by atomic mass is 10.0. The highest BCUT2D eigenvalue weighted by Crippen LogP contribution is 2.34. The van der Waals surface area contributed by atoms with E-state index in [1.807, 2.05) is 6.07 Å². The van der Waals surface area contributed by atoms with E-state index in [1.54, 1.807) is 19.1 Å². The molecule has 0 saturated carbocycles. The van der Waals surface area contributed by atoms with Gasteiger partial charge in [-0.05, 0) is 30.7 Å². The molecule has 8 heteroatoms. The van der Waals surface area contributed by atoms with Crippen molar-refractivity contribution in [1.82, 2.24) is 5.16 Å². The second-order valence-corrected chi connectivity index (χ2v) is 4.50. The summed E-state index contributed by atoms with van der Waals surface area (Å²) in [5, 5.41) is 10.3. The Labute approximate surface area is 119 Å². The Balaban J connectivity index is 2.03. The molecular weight excluding hydrogens is 274 g/mol. The van der Waals surface area contributed by atoms with E-state index in [0.29, 0.717) is 22.9 Å². The van der Waals surface area contributed by atoms with Gasteiger partial charge in [0.25, 0.3) is 5.91 Å². The zero-order chi connectivity index (χ0) is 14.8. The third kappa shape index (κ3) is 2.39. The van der Waals surface area contributed by atoms with E-state index in [-0.39, 0.29) is 19.1 Å². The number of ether oxygens (including phenoxy) is 1. The summed E-state index contributed by atoms with van der Waals surface area (Å²) in [6.45, 7) is 1.92. The van der Waals surface area contributed by atoms with Crippen LogP contribution in [-0.4, -0.2) is 17.7 Å². The fourth-order valence-electron chi connectivity index (χ4n) is 2.14. The van der Waals surface area contributed by atoms with Crippen LogP contribution < -0.4 is 10.1 Å². The van der Waals surface area contributed by atoms with Crippen molar-refractivity contribution in [3.63, 3.8) is 0 Å². The molecule has 21 heavy (non-hydrogen) atoms. The van der Waals surface area contributed by atoms with Crippen LogP contribution in [0, 0.1) is 6.92 Å². The number of nitrogens with zero attached hydrogens (tertiary/aromatic N) is 4. The van der Waals surface area contributed by atoms with Crippen molar-refractivity contribution in [1.29, 1.82) is 0 Å². The van der Waals surface area contributed by atoms with E-state index in [4.69, 9.17) is 14.8 Å². The molecule has 1 aromatic carbocycles. The van der Waals surface area contributed by atoms with Gasteiger partial charge in [-0.1, -0.05) is 10.3 Å². The number of nitrogens with one attached hydrogen (secondary N) is 1. The molecule has 0 unspecified atom stereocenters. The van der Waals surface area contributed by atoms with Crippen LogP contribution in [0.15, 0.2) is 27.8 Å². The van der Waals surface area contributed by atoms with Gasteiger partial charge in [0.2, 0.25) is 0 Å². The van der Waals surface area contributed by atoms with Crippen molar-refractivity contribution in [2.24, 2.45) is 5.11 Å². The number of fused-ring (bicyclic) bond motifs is 1. The minimum Gasteiger partial charge on any atom is -0.482 e. The Morgan fingerprint density at radius 3 is 3.19 bits per heavy atom. The molecule has 3 rings (SSSR count). The van der Waals surface area contributed by atoms with Gasteiger partial charge in [-0.3, -0.25) is 4.79 Å². The molecule has 0 fully saturated rings. The number of benzene rings is 1. The second-order valence-electron chi connectivity index (χ2n) is 4.50. The molecule has 0 aliphatic carbocycles. The van der Waals surface area contributed by atoms with Gasteiger partial charge in [0.05, 0.1) is 12.2 Å². The maximum atomic E-state index is 11.4. The molecule has 0 radical (unpaired) electrons. The monoisotopic (exact) mass is 285 g/mol. The fourth-order valence-corrected chi connectivity index (χ4v) is 2.14. The number of aromatic nitrogens is 1. The lowest BCUT2D eigenvalue weighted by molar-refractivity contribution is -0.118. The summed E-state index contributed by atoms with van der Waals surface area (Å²) in [4.78, 5) is 14.1. The van der Waals surface area contributed by atoms with Crippen LogP contribution in [0.1, 0.15) is 11.3 Å². The number of carbonyl (C=O) groups excluding carboxylic acids is 1. The molecule has 1 N–H and O–H groups in total. The van der Waals surface area contributed by atoms with Crippen LogP contribution >= 0.6 is 0 Å². The zero-order valence-electron chi connectivity index (χ0n) is 11.2. The Morgan fingerprint density at radius 1 is 1.52 bits per heavy atom. The van der Waals surface area contributed by atoms with Crippen molar-refractivity contribution in [2.45, 2.75) is 13.5 Å². The Morgan fingerprint density at radius 2 is 2.38 bits per heavy atom. The molecule has 0 atom stereocenters. The first-order chi connectivity index (χ1) is 10.2. The first-order valence-corrected chi connectivity index (χ1v) is 6.22. The Hall–Kier alpha value is -2.99. The highest BCUT2D eigenvalue weighted by Gasteiger charge is 2.19. The summed E-state index contributed by atoms with van der Waals surface area (Å²) in [6, 6.07) is 5.32. The van der Waals surface area contributed by atoms with Gasteiger partial charge in [-0.2, -0.15) is 0 Å². The quantitative estimate of drug-likeness (QED) is 0.530. The van der Waals surface area contributed by atoms with Crippen LogP contribution in [0.3, 0.4) is 0 Å². The van der Waals surface area contributed by atoms with Gasteiger partial charge >= 0.3 is 0 Å². The molecule has 1 aromatic heterocycles. The minimum atomic E-state index is -0.203. The molecule has 1 aliphatic rings. The first kappa shape index (κ1) is 13.0. The highest BCUT2D eigenvalue weighted by molar-refractivity contribution is 5.96. The second kappa shape index (κ2) is 5.18. The number of hydrogen-bond acceptors (Lipinski definition) is 5. The third-order valence-electron chi connectivity index (χ3n) is 3.16. The summed E-state index contributed by atoms with van der Waals surface area (Å²) in [7, 11) is 0. The highest BCUT2D eigenvalue weighted by atomic mass is 16.5. The van der Waals surface area contributed by atoms with Crippen molar-refractivity contribution in [3.8, 4) is 17.0 Å². The van der Waals surface area contributed by atoms with Crippen LogP contribution in [0.5, 0.6) is 5.75 Å². The summed E-state index contributed by atoms with van der Waals surface area (Å²) in [5.41, 5.74) is 11.1. The van der Waals surface area contributed by atoms with E-state index in [1.165, 1.54) is 0 Å². The van der Waals surface area contributed by atoms with Crippen LogP contribution in [0.2, 0.25) is 0 Å². The molecule has 0 saturated heterocycles. The van der Waals surface area contributed by atoms with Crippen LogP contribution in [0.25, 0.3) is 21.7 Å². The number of azide groups is 1. The van der Waals surface area contributed by atoms with Crippen LogP contribution in [-0.2, 0) is 11.3 Å². The molecule has 2 heterocycles. The number of aryl methyl sites for hydroxylation is 1. The lowest BCUT2D eigenvalue weighted by Gasteiger charge is -2.18. The Kier molecular flexibility index (Phi) is 3.21. The average Bonchev–Trinajstić information content (AvgIpc) is 2.85. The van der Waals surface area contributed by atoms with Gasteiger partial charge in [-0.15, -0.1) is 0 Å². The van der Waals surface area contributed by atoms with Crippen LogP contribution in [0.4, 0.5) is 5.69 Å². The summed E-state index contributed by atoms with van der Waals surface area (Å²) in [6.07, 6.45) is 0. The van der Waals surface area contributed by atoms with Gasteiger partial charge < -0.3 is 14.6 Å². The maximum Gasteiger partial charge on any atom is 0.262 e. The van der Waals surface area contributed by atoms with E-state index >= 15 is 0 Å². The van der Waals surface area contributed by atoms with Gasteiger partial charge in [0.15, 0.2) is 6.61 Å². The molecule has 2 aromatic rings. The van der Waals surface area contributed by atoms with Crippen molar-refractivity contribution in [3.05, 3.63) is 40.0 Å². The summed E-state index contributed by atoms with van der Waals surface area (Å²) in [5.74, 6) is 0.996. The number of anilines is 1. The SMILES string of the molecule is Cc1onc(-c2ccc3c(c2)NC(=O)CO3)c1CN=[N+]=[N-]. The summed E-state index contributed by atoms with van der Waals surface area (Å²) < 4.78 is 10.5. The predicted molar refractivity (Wildman–Crippen MR) is 73.7 cm³/mol. The minimum absolute atomic E-state index is 0.0115. The molecule has 1 aliphatic heterocycles. The smallest absolute Gasteiger partial charge is 0.262 e. The summed E-state index contributed by atoms with van der Waals surface area (Å²) >= 11 is 0. The average molecular weight is 285 g/mol. The van der Waals surface area contributed by atoms with Crippen molar-refractivity contribution < 1.29 is 14.1 Å². The fraction of sp³-hybridized carbons (Fsp3) is 0.231. The number of amides is 1. The first-order valence-electron chi connectivity index (χ1n) is 6.22. The molecule has 1 amide bonds. The standard InChI is InChI=1S/C13H11N5O3/c1-7-9(5-15-18-14)13(17-21-7)8-2-3-11-10(4-8)16-12(19)6-20-11/h2-4H,5-6H2,1H3,(H,16,19). The van der Waals surface area contributed by atoms with E-state index in [0.717, 1.165) is 11.1 Å². The van der Waals surface area contributed by atoms with Gasteiger partial charge in [0.1, 0.15) is 17.2 Å². The topological polar surface area (TPSA) is 113 Å². The molecular formula is C13H11N5O3. The van der Waals surface area contributed by atoms with Gasteiger partial charge in [0, 0.05) is 16.0 Å². The molecule has 8 nitrogen and oxygen atoms in total. The number of carbonyl (C=O) groups is 1. The van der Waals surface area contributed by atoms with E-state index in [9.17, 15) is 4.79 Å². The van der Waals surface area contributed by atoms with Crippen molar-refractivity contribution >= 4 is 11.6 Å². The number of rotatable bonds is 3. The van der Waals surface area contributed by atoms with E-state index in [2.05, 4.69) is 20.5 Å². The largest absolute Gasteiger partial charge is 0.482 e. The predicted octanol–water partition coefficient (Wildman–Crippen LogP) is 2.79. The third-order valence-corrected chi connectivity index (χ3v) is 3.16. The van der Waals surface area contributed by atoms with Gasteiger partial charge in [-0.25, -0.2) is 0 Å². The normalized spacial score (nSPS) is 12.9. The molecule has 0 spiro atoms. The maximum absolute atomic E-state index is 11.4. The van der Waals surface area contributed by atoms with E-state index < -0.39 is 0 Å². The molecule has 0 bridgehead atoms. The molecule has 106 valence electrons. The van der Waals surface area contributed by atoms with Crippen molar-refractivity contribution in [2.75, 3.05) is 11.9 Å².